The summed E-state index contributed by atoms with van der Waals surface area (Å²) in [6.07, 6.45) is 5.22. The van der Waals surface area contributed by atoms with Gasteiger partial charge >= 0.3 is 12.1 Å². The van der Waals surface area contributed by atoms with Gasteiger partial charge in [0.1, 0.15) is 0 Å². The number of carbonyl (C=O) groups is 2. The lowest BCUT2D eigenvalue weighted by molar-refractivity contribution is -0.191. The fraction of sp³-hybridized carbons (Fsp3) is 0.909. The molecule has 5 nitrogen and oxygen atoms in total. The monoisotopic (exact) mass is 431 g/mol. The zero-order valence-corrected chi connectivity index (χ0v) is 17.3. The van der Waals surface area contributed by atoms with Crippen LogP contribution in [0, 0.1) is 29.6 Å². The molecule has 0 aromatic carbocycles. The standard InChI is InChI=1S/C22H32F3NO4/c23-22(24,25)13-29-20(28)18-4-2-1-3-17(18)19(27)26-5-6-30-21-10-14-7-15(11-21)9-16(8-14)12-21/h14-18H,1-13H2,(H,26,27). The molecule has 0 aromatic rings. The van der Waals surface area contributed by atoms with E-state index >= 15 is 0 Å². The van der Waals surface area contributed by atoms with E-state index in [0.29, 0.717) is 32.4 Å². The van der Waals surface area contributed by atoms with Gasteiger partial charge in [-0.3, -0.25) is 9.59 Å². The molecule has 2 atom stereocenters. The maximum atomic E-state index is 12.6. The average molecular weight is 431 g/mol. The van der Waals surface area contributed by atoms with E-state index in [0.717, 1.165) is 43.4 Å². The lowest BCUT2D eigenvalue weighted by atomic mass is 9.54. The van der Waals surface area contributed by atoms with Crippen molar-refractivity contribution in [2.45, 2.75) is 76.0 Å². The molecule has 0 heterocycles. The summed E-state index contributed by atoms with van der Waals surface area (Å²) in [4.78, 5) is 24.8. The van der Waals surface area contributed by atoms with Gasteiger partial charge in [0.05, 0.1) is 24.0 Å². The lowest BCUT2D eigenvalue weighted by Crippen LogP contribution is -2.52. The summed E-state index contributed by atoms with van der Waals surface area (Å²) in [5.41, 5.74) is -0.0196. The van der Waals surface area contributed by atoms with Crippen LogP contribution in [-0.4, -0.2) is 43.4 Å². The first-order chi connectivity index (χ1) is 14.2. The quantitative estimate of drug-likeness (QED) is 0.489. The summed E-state index contributed by atoms with van der Waals surface area (Å²) < 4.78 is 47.7. The molecule has 30 heavy (non-hydrogen) atoms. The van der Waals surface area contributed by atoms with E-state index in [1.165, 1.54) is 19.3 Å². The number of rotatable bonds is 7. The number of ether oxygens (including phenoxy) is 2. The predicted molar refractivity (Wildman–Crippen MR) is 102 cm³/mol. The van der Waals surface area contributed by atoms with E-state index in [1.807, 2.05) is 0 Å². The molecule has 1 amide bonds. The van der Waals surface area contributed by atoms with Gasteiger partial charge in [-0.2, -0.15) is 13.2 Å². The van der Waals surface area contributed by atoms with Crippen molar-refractivity contribution in [3.8, 4) is 0 Å². The van der Waals surface area contributed by atoms with Crippen LogP contribution in [0.25, 0.3) is 0 Å². The molecule has 5 rings (SSSR count). The second kappa shape index (κ2) is 8.67. The van der Waals surface area contributed by atoms with Gasteiger partial charge in [0.25, 0.3) is 0 Å². The van der Waals surface area contributed by atoms with Gasteiger partial charge in [0, 0.05) is 6.54 Å². The van der Waals surface area contributed by atoms with E-state index in [1.54, 1.807) is 0 Å². The minimum atomic E-state index is -4.56. The fourth-order valence-electron chi connectivity index (χ4n) is 6.77. The molecule has 5 saturated carbocycles. The zero-order valence-electron chi connectivity index (χ0n) is 17.3. The Hall–Kier alpha value is -1.31. The SMILES string of the molecule is O=C(NCCOC12CC3CC(CC(C3)C1)C2)C1CCCCC1C(=O)OCC(F)(F)F. The number of hydrogen-bond donors (Lipinski definition) is 1. The summed E-state index contributed by atoms with van der Waals surface area (Å²) >= 11 is 0. The molecule has 0 spiro atoms. The second-order valence-electron chi connectivity index (χ2n) is 9.96. The van der Waals surface area contributed by atoms with Crippen molar-refractivity contribution in [2.75, 3.05) is 19.8 Å². The van der Waals surface area contributed by atoms with Gasteiger partial charge in [-0.1, -0.05) is 12.8 Å². The number of nitrogens with one attached hydrogen (secondary N) is 1. The van der Waals surface area contributed by atoms with Gasteiger partial charge in [0.2, 0.25) is 5.91 Å². The van der Waals surface area contributed by atoms with Crippen LogP contribution in [0.4, 0.5) is 13.2 Å². The van der Waals surface area contributed by atoms with Gasteiger partial charge in [-0.05, 0) is 69.1 Å². The maximum Gasteiger partial charge on any atom is 0.422 e. The Morgan fingerprint density at radius 2 is 1.50 bits per heavy atom. The topological polar surface area (TPSA) is 64.6 Å². The Morgan fingerprint density at radius 3 is 2.07 bits per heavy atom. The number of amides is 1. The van der Waals surface area contributed by atoms with Gasteiger partial charge in [-0.15, -0.1) is 0 Å². The van der Waals surface area contributed by atoms with Crippen molar-refractivity contribution in [1.29, 1.82) is 0 Å². The van der Waals surface area contributed by atoms with Crippen LogP contribution in [0.3, 0.4) is 0 Å². The highest BCUT2D eigenvalue weighted by Gasteiger charge is 2.51. The molecule has 5 aliphatic rings. The van der Waals surface area contributed by atoms with Crippen LogP contribution >= 0.6 is 0 Å². The molecule has 0 aromatic heterocycles. The van der Waals surface area contributed by atoms with Crippen LogP contribution in [-0.2, 0) is 19.1 Å². The number of esters is 1. The number of halogens is 3. The van der Waals surface area contributed by atoms with Crippen LogP contribution in [0.2, 0.25) is 0 Å². The van der Waals surface area contributed by atoms with Gasteiger partial charge < -0.3 is 14.8 Å². The molecule has 2 unspecified atom stereocenters. The van der Waals surface area contributed by atoms with Crippen molar-refractivity contribution in [1.82, 2.24) is 5.32 Å². The summed E-state index contributed by atoms with van der Waals surface area (Å²) in [6.45, 7) is -0.801. The second-order valence-corrected chi connectivity index (χ2v) is 9.96. The van der Waals surface area contributed by atoms with E-state index < -0.39 is 30.6 Å². The lowest BCUT2D eigenvalue weighted by Gasteiger charge is -2.56. The normalized spacial score (nSPS) is 37.8. The van der Waals surface area contributed by atoms with E-state index in [2.05, 4.69) is 10.1 Å². The molecule has 0 saturated heterocycles. The molecule has 5 aliphatic carbocycles. The number of carbonyl (C=O) groups excluding carboxylic acids is 2. The van der Waals surface area contributed by atoms with Gasteiger partial charge in [-0.25, -0.2) is 0 Å². The Bertz CT molecular complexity index is 615. The molecular weight excluding hydrogens is 399 g/mol. The summed E-state index contributed by atoms with van der Waals surface area (Å²) in [5, 5.41) is 2.85. The first kappa shape index (κ1) is 21.9. The zero-order chi connectivity index (χ0) is 21.4. The summed E-state index contributed by atoms with van der Waals surface area (Å²) in [7, 11) is 0. The minimum Gasteiger partial charge on any atom is -0.456 e. The average Bonchev–Trinajstić information content (AvgIpc) is 2.67. The highest BCUT2D eigenvalue weighted by Crippen LogP contribution is 2.57. The Labute approximate surface area is 175 Å². The van der Waals surface area contributed by atoms with Crippen LogP contribution in [0.5, 0.6) is 0 Å². The summed E-state index contributed by atoms with van der Waals surface area (Å²) in [6, 6.07) is 0. The molecular formula is C22H32F3NO4. The Kier molecular flexibility index (Phi) is 6.33. The first-order valence-electron chi connectivity index (χ1n) is 11.4. The predicted octanol–water partition coefficient (Wildman–Crippen LogP) is 4.00. The fourth-order valence-corrected chi connectivity index (χ4v) is 6.77. The van der Waals surface area contributed by atoms with Crippen molar-refractivity contribution in [2.24, 2.45) is 29.6 Å². The molecule has 4 bridgehead atoms. The molecule has 5 fully saturated rings. The van der Waals surface area contributed by atoms with Crippen LogP contribution in [0.1, 0.15) is 64.2 Å². The highest BCUT2D eigenvalue weighted by atomic mass is 19.4. The van der Waals surface area contributed by atoms with Crippen LogP contribution in [0.15, 0.2) is 0 Å². The third kappa shape index (κ3) is 5.11. The van der Waals surface area contributed by atoms with Crippen molar-refractivity contribution < 1.29 is 32.2 Å². The van der Waals surface area contributed by atoms with E-state index in [4.69, 9.17) is 4.74 Å². The summed E-state index contributed by atoms with van der Waals surface area (Å²) in [5.74, 6) is -0.261. The molecule has 1 N–H and O–H groups in total. The molecule has 0 aliphatic heterocycles. The van der Waals surface area contributed by atoms with Crippen LogP contribution < -0.4 is 5.32 Å². The van der Waals surface area contributed by atoms with Gasteiger partial charge in [0.15, 0.2) is 6.61 Å². The first-order valence-corrected chi connectivity index (χ1v) is 11.4. The number of hydrogen-bond acceptors (Lipinski definition) is 4. The van der Waals surface area contributed by atoms with Crippen molar-refractivity contribution >= 4 is 11.9 Å². The Balaban J connectivity index is 1.23. The maximum absolute atomic E-state index is 12.6. The molecule has 8 heteroatoms. The number of alkyl halides is 3. The third-order valence-corrected chi connectivity index (χ3v) is 7.58. The largest absolute Gasteiger partial charge is 0.456 e. The van der Waals surface area contributed by atoms with E-state index in [-0.39, 0.29) is 11.5 Å². The Morgan fingerprint density at radius 1 is 0.933 bits per heavy atom. The smallest absolute Gasteiger partial charge is 0.422 e. The molecule has 170 valence electrons. The minimum absolute atomic E-state index is 0.0196. The van der Waals surface area contributed by atoms with E-state index in [9.17, 15) is 22.8 Å². The third-order valence-electron chi connectivity index (χ3n) is 7.58. The highest BCUT2D eigenvalue weighted by molar-refractivity contribution is 5.85. The molecule has 0 radical (unpaired) electrons. The van der Waals surface area contributed by atoms with Crippen molar-refractivity contribution in [3.63, 3.8) is 0 Å². The van der Waals surface area contributed by atoms with Crippen molar-refractivity contribution in [3.05, 3.63) is 0 Å².